The van der Waals surface area contributed by atoms with Crippen molar-refractivity contribution in [1.82, 2.24) is 5.32 Å². The smallest absolute Gasteiger partial charge is 0.338 e. The summed E-state index contributed by atoms with van der Waals surface area (Å²) in [6, 6.07) is 12.0. The maximum atomic E-state index is 12.1. The van der Waals surface area contributed by atoms with Crippen molar-refractivity contribution in [1.29, 1.82) is 0 Å². The Hall–Kier alpha value is -3.22. The number of esters is 1. The van der Waals surface area contributed by atoms with Crippen LogP contribution in [0.15, 0.2) is 42.5 Å². The standard InChI is InChI=1S/C20H22N2O5/c1-14-3-6-16(7-4-14)8-10-19(23)21-11-12-27-20(24)18-13-17(22(25)26)9-5-15(18)2/h3-7,9,13H,8,10-12H2,1-2H3,(H,21,23). The van der Waals surface area contributed by atoms with Crippen molar-refractivity contribution < 1.29 is 19.2 Å². The molecule has 0 aliphatic carbocycles. The number of aryl methyl sites for hydroxylation is 3. The van der Waals surface area contributed by atoms with Crippen molar-refractivity contribution in [2.75, 3.05) is 13.2 Å². The Morgan fingerprint density at radius 3 is 2.48 bits per heavy atom. The maximum absolute atomic E-state index is 12.1. The van der Waals surface area contributed by atoms with E-state index >= 15 is 0 Å². The second kappa shape index (κ2) is 9.47. The predicted octanol–water partition coefficient (Wildman–Crippen LogP) is 3.12. The lowest BCUT2D eigenvalue weighted by molar-refractivity contribution is -0.384. The number of hydrogen-bond acceptors (Lipinski definition) is 5. The summed E-state index contributed by atoms with van der Waals surface area (Å²) >= 11 is 0. The minimum Gasteiger partial charge on any atom is -0.460 e. The van der Waals surface area contributed by atoms with Crippen molar-refractivity contribution in [2.45, 2.75) is 26.7 Å². The van der Waals surface area contributed by atoms with E-state index in [2.05, 4.69) is 5.32 Å². The van der Waals surface area contributed by atoms with Gasteiger partial charge in [-0.15, -0.1) is 0 Å². The summed E-state index contributed by atoms with van der Waals surface area (Å²) in [5.74, 6) is -0.775. The molecular weight excluding hydrogens is 348 g/mol. The van der Waals surface area contributed by atoms with Crippen molar-refractivity contribution in [3.05, 3.63) is 74.8 Å². The van der Waals surface area contributed by atoms with Crippen molar-refractivity contribution in [3.63, 3.8) is 0 Å². The maximum Gasteiger partial charge on any atom is 0.338 e. The first-order chi connectivity index (χ1) is 12.9. The number of nitro benzene ring substituents is 1. The van der Waals surface area contributed by atoms with Crippen LogP contribution in [0, 0.1) is 24.0 Å². The highest BCUT2D eigenvalue weighted by Gasteiger charge is 2.15. The molecule has 0 aliphatic rings. The molecule has 0 bridgehead atoms. The van der Waals surface area contributed by atoms with Gasteiger partial charge in [0.15, 0.2) is 0 Å². The van der Waals surface area contributed by atoms with Crippen LogP contribution in [0.4, 0.5) is 5.69 Å². The SMILES string of the molecule is Cc1ccc(CCC(=O)NCCOC(=O)c2cc([N+](=O)[O-])ccc2C)cc1. The van der Waals surface area contributed by atoms with Gasteiger partial charge in [-0.1, -0.05) is 35.9 Å². The van der Waals surface area contributed by atoms with Crippen LogP contribution in [0.25, 0.3) is 0 Å². The van der Waals surface area contributed by atoms with Crippen LogP contribution in [-0.2, 0) is 16.0 Å². The summed E-state index contributed by atoms with van der Waals surface area (Å²) in [4.78, 5) is 34.2. The molecule has 0 saturated carbocycles. The minimum atomic E-state index is -0.648. The normalized spacial score (nSPS) is 10.3. The van der Waals surface area contributed by atoms with E-state index in [0.717, 1.165) is 5.56 Å². The van der Waals surface area contributed by atoms with Crippen LogP contribution in [0.1, 0.15) is 33.5 Å². The Kier molecular flexibility index (Phi) is 7.05. The fraction of sp³-hybridized carbons (Fsp3) is 0.300. The van der Waals surface area contributed by atoms with Crippen molar-refractivity contribution in [3.8, 4) is 0 Å². The number of nitrogens with zero attached hydrogens (tertiary/aromatic N) is 1. The molecule has 142 valence electrons. The number of nitrogens with one attached hydrogen (secondary N) is 1. The molecular formula is C20H22N2O5. The molecule has 0 fully saturated rings. The van der Waals surface area contributed by atoms with Gasteiger partial charge in [0.2, 0.25) is 5.91 Å². The van der Waals surface area contributed by atoms with E-state index in [9.17, 15) is 19.7 Å². The topological polar surface area (TPSA) is 98.5 Å². The number of non-ortho nitro benzene ring substituents is 1. The van der Waals surface area contributed by atoms with Gasteiger partial charge in [0.1, 0.15) is 6.61 Å². The molecule has 0 atom stereocenters. The Morgan fingerprint density at radius 2 is 1.81 bits per heavy atom. The van der Waals surface area contributed by atoms with Gasteiger partial charge in [0.05, 0.1) is 17.0 Å². The van der Waals surface area contributed by atoms with E-state index in [4.69, 9.17) is 4.74 Å². The van der Waals surface area contributed by atoms with Crippen LogP contribution in [0.5, 0.6) is 0 Å². The second-order valence-corrected chi connectivity index (χ2v) is 6.23. The minimum absolute atomic E-state index is 0.00274. The van der Waals surface area contributed by atoms with E-state index in [0.29, 0.717) is 18.4 Å². The molecule has 7 heteroatoms. The Morgan fingerprint density at radius 1 is 1.11 bits per heavy atom. The van der Waals surface area contributed by atoms with Gasteiger partial charge < -0.3 is 10.1 Å². The van der Waals surface area contributed by atoms with E-state index in [-0.39, 0.29) is 30.3 Å². The molecule has 7 nitrogen and oxygen atoms in total. The number of amides is 1. The Labute approximate surface area is 157 Å². The highest BCUT2D eigenvalue weighted by Crippen LogP contribution is 2.18. The average Bonchev–Trinajstić information content (AvgIpc) is 2.64. The molecule has 2 aromatic rings. The van der Waals surface area contributed by atoms with Gasteiger partial charge in [0, 0.05) is 18.6 Å². The molecule has 0 heterocycles. The first-order valence-corrected chi connectivity index (χ1v) is 8.61. The number of benzene rings is 2. The summed E-state index contributed by atoms with van der Waals surface area (Å²) < 4.78 is 5.09. The zero-order valence-electron chi connectivity index (χ0n) is 15.4. The van der Waals surface area contributed by atoms with E-state index < -0.39 is 10.9 Å². The van der Waals surface area contributed by atoms with E-state index in [1.165, 1.54) is 23.8 Å². The summed E-state index contributed by atoms with van der Waals surface area (Å²) in [5.41, 5.74) is 2.83. The highest BCUT2D eigenvalue weighted by molar-refractivity contribution is 5.91. The fourth-order valence-corrected chi connectivity index (χ4v) is 2.46. The Balaban J connectivity index is 1.73. The summed E-state index contributed by atoms with van der Waals surface area (Å²) in [7, 11) is 0. The van der Waals surface area contributed by atoms with Crippen LogP contribution in [0.2, 0.25) is 0 Å². The zero-order valence-corrected chi connectivity index (χ0v) is 15.4. The van der Waals surface area contributed by atoms with Gasteiger partial charge in [-0.25, -0.2) is 4.79 Å². The van der Waals surface area contributed by atoms with Gasteiger partial charge in [0.25, 0.3) is 5.69 Å². The first-order valence-electron chi connectivity index (χ1n) is 8.61. The lowest BCUT2D eigenvalue weighted by atomic mass is 10.1. The van der Waals surface area contributed by atoms with Gasteiger partial charge in [-0.2, -0.15) is 0 Å². The molecule has 0 saturated heterocycles. The van der Waals surface area contributed by atoms with Crippen LogP contribution in [-0.4, -0.2) is 30.0 Å². The van der Waals surface area contributed by atoms with E-state index in [1.54, 1.807) is 6.92 Å². The molecule has 0 radical (unpaired) electrons. The molecule has 0 aromatic heterocycles. The quantitative estimate of drug-likeness (QED) is 0.333. The molecule has 1 N–H and O–H groups in total. The van der Waals surface area contributed by atoms with Gasteiger partial charge in [-0.3, -0.25) is 14.9 Å². The molecule has 0 aliphatic heterocycles. The third-order valence-corrected chi connectivity index (χ3v) is 4.07. The first kappa shape index (κ1) is 20.1. The fourth-order valence-electron chi connectivity index (χ4n) is 2.46. The Bertz CT molecular complexity index is 831. The monoisotopic (exact) mass is 370 g/mol. The molecule has 27 heavy (non-hydrogen) atoms. The lowest BCUT2D eigenvalue weighted by Gasteiger charge is -2.08. The third-order valence-electron chi connectivity index (χ3n) is 4.07. The number of carbonyl (C=O) groups excluding carboxylic acids is 2. The van der Waals surface area contributed by atoms with Crippen LogP contribution in [0.3, 0.4) is 0 Å². The number of rotatable bonds is 8. The van der Waals surface area contributed by atoms with Crippen molar-refractivity contribution >= 4 is 17.6 Å². The number of ether oxygens (including phenoxy) is 1. The van der Waals surface area contributed by atoms with Gasteiger partial charge in [-0.05, 0) is 31.4 Å². The molecule has 2 aromatic carbocycles. The van der Waals surface area contributed by atoms with Crippen molar-refractivity contribution in [2.24, 2.45) is 0 Å². The predicted molar refractivity (Wildman–Crippen MR) is 101 cm³/mol. The lowest BCUT2D eigenvalue weighted by Crippen LogP contribution is -2.28. The summed E-state index contributed by atoms with van der Waals surface area (Å²) in [5, 5.41) is 13.5. The number of nitro groups is 1. The molecule has 1 amide bonds. The highest BCUT2D eigenvalue weighted by atomic mass is 16.6. The molecule has 0 spiro atoms. The van der Waals surface area contributed by atoms with Crippen LogP contribution < -0.4 is 5.32 Å². The second-order valence-electron chi connectivity index (χ2n) is 6.23. The summed E-state index contributed by atoms with van der Waals surface area (Å²) in [6.07, 6.45) is 0.986. The molecule has 0 unspecified atom stereocenters. The number of hydrogen-bond donors (Lipinski definition) is 1. The summed E-state index contributed by atoms with van der Waals surface area (Å²) in [6.45, 7) is 3.86. The average molecular weight is 370 g/mol. The third kappa shape index (κ3) is 6.22. The zero-order chi connectivity index (χ0) is 19.8. The van der Waals surface area contributed by atoms with Gasteiger partial charge >= 0.3 is 5.97 Å². The van der Waals surface area contributed by atoms with Crippen LogP contribution >= 0.6 is 0 Å². The molecule has 2 rings (SSSR count). The van der Waals surface area contributed by atoms with E-state index in [1.807, 2.05) is 31.2 Å². The largest absolute Gasteiger partial charge is 0.460 e. The number of carbonyl (C=O) groups is 2.